The first-order valence-electron chi connectivity index (χ1n) is 20.1. The highest BCUT2D eigenvalue weighted by atomic mass is 16.5. The van der Waals surface area contributed by atoms with Crippen molar-refractivity contribution in [3.8, 4) is 0 Å². The minimum atomic E-state index is 0.323. The Labute approximate surface area is 297 Å². The molecule has 0 aromatic heterocycles. The SMILES string of the molecule is CC(C)(C)C1CCCCC1.CC(C)(C)N1CCC1.CC(C)(C)N1CCCC1.CC(C)(C)N1CCCCC1.CC(C)(C)N1CCOCC1. The molecule has 0 bridgehead atoms. The van der Waals surface area contributed by atoms with Gasteiger partial charge in [0.1, 0.15) is 0 Å². The Hall–Kier alpha value is -0.200. The van der Waals surface area contributed by atoms with Gasteiger partial charge in [-0.05, 0) is 179 Å². The topological polar surface area (TPSA) is 22.2 Å². The summed E-state index contributed by atoms with van der Waals surface area (Å²) in [6.45, 7) is 46.3. The maximum Gasteiger partial charge on any atom is 0.0594 e. The van der Waals surface area contributed by atoms with Crippen molar-refractivity contribution in [2.75, 3.05) is 65.6 Å². The van der Waals surface area contributed by atoms with Crippen LogP contribution in [0.15, 0.2) is 0 Å². The second-order valence-electron chi connectivity index (χ2n) is 20.1. The molecule has 4 aliphatic heterocycles. The summed E-state index contributed by atoms with van der Waals surface area (Å²) in [6.07, 6.45) is 15.8. The molecule has 4 saturated heterocycles. The molecule has 0 aromatic rings. The molecule has 4 heterocycles. The molecule has 0 amide bonds. The van der Waals surface area contributed by atoms with Crippen LogP contribution in [0.5, 0.6) is 0 Å². The van der Waals surface area contributed by atoms with E-state index < -0.39 is 0 Å². The Bertz CT molecular complexity index is 697. The zero-order chi connectivity index (χ0) is 35.9. The normalized spacial score (nSPS) is 23.0. The van der Waals surface area contributed by atoms with Gasteiger partial charge in [0, 0.05) is 35.2 Å². The first-order valence-corrected chi connectivity index (χ1v) is 20.1. The largest absolute Gasteiger partial charge is 0.379 e. The van der Waals surface area contributed by atoms with Crippen molar-refractivity contribution in [3.63, 3.8) is 0 Å². The molecule has 1 saturated carbocycles. The molecule has 282 valence electrons. The van der Waals surface area contributed by atoms with Gasteiger partial charge < -0.3 is 4.74 Å². The number of nitrogens with zero attached hydrogens (tertiary/aromatic N) is 4. The molecule has 0 spiro atoms. The van der Waals surface area contributed by atoms with Crippen LogP contribution >= 0.6 is 0 Å². The van der Waals surface area contributed by atoms with Gasteiger partial charge in [-0.25, -0.2) is 0 Å². The zero-order valence-corrected chi connectivity index (χ0v) is 35.1. The summed E-state index contributed by atoms with van der Waals surface area (Å²) >= 11 is 0. The lowest BCUT2D eigenvalue weighted by molar-refractivity contribution is -0.00389. The average Bonchev–Trinajstić information content (AvgIpc) is 3.49. The summed E-state index contributed by atoms with van der Waals surface area (Å²) in [5.74, 6) is 1.00. The summed E-state index contributed by atoms with van der Waals surface area (Å²) in [7, 11) is 0. The van der Waals surface area contributed by atoms with Crippen LogP contribution in [0.25, 0.3) is 0 Å². The van der Waals surface area contributed by atoms with Crippen LogP contribution in [-0.2, 0) is 4.74 Å². The Morgan fingerprint density at radius 3 is 0.830 bits per heavy atom. The van der Waals surface area contributed by atoms with E-state index in [1.165, 1.54) is 110 Å². The Balaban J connectivity index is 0.000000294. The van der Waals surface area contributed by atoms with E-state index in [0.717, 1.165) is 32.2 Å². The van der Waals surface area contributed by atoms with E-state index in [1.54, 1.807) is 0 Å². The highest BCUT2D eigenvalue weighted by molar-refractivity contribution is 4.82. The maximum absolute atomic E-state index is 5.25. The third kappa shape index (κ3) is 19.7. The number of rotatable bonds is 0. The van der Waals surface area contributed by atoms with Gasteiger partial charge in [-0.2, -0.15) is 0 Å². The highest BCUT2D eigenvalue weighted by Gasteiger charge is 2.27. The standard InChI is InChI=1S/C10H20.C9H19N.C8H17NO.C8H17N.C7H15N/c1-10(2,3)9-7-5-4-6-8-9;1-9(2,3)10-7-5-4-6-8-10;1-8(2,3)9-4-6-10-7-5-9;1-8(2,3)9-6-4-5-7-9;1-7(2,3)8-5-4-6-8/h9H,4-8H2,1-3H3;4-8H2,1-3H3;4-7H2,1-3H3;4-7H2,1-3H3;4-6H2,1-3H3. The average molecular weight is 665 g/mol. The fourth-order valence-electron chi connectivity index (χ4n) is 7.14. The first kappa shape index (κ1) is 44.8. The third-order valence-electron chi connectivity index (χ3n) is 11.0. The summed E-state index contributed by atoms with van der Waals surface area (Å²) in [5, 5.41) is 0. The molecule has 0 radical (unpaired) electrons. The van der Waals surface area contributed by atoms with Gasteiger partial charge in [-0.1, -0.05) is 46.5 Å². The van der Waals surface area contributed by atoms with Crippen molar-refractivity contribution in [1.29, 1.82) is 0 Å². The lowest BCUT2D eigenvalue weighted by Crippen LogP contribution is -2.49. The van der Waals surface area contributed by atoms with Crippen LogP contribution in [0.2, 0.25) is 0 Å². The minimum Gasteiger partial charge on any atom is -0.379 e. The van der Waals surface area contributed by atoms with Crippen LogP contribution in [0.1, 0.15) is 174 Å². The molecule has 5 heteroatoms. The van der Waals surface area contributed by atoms with Crippen LogP contribution in [-0.4, -0.2) is 107 Å². The van der Waals surface area contributed by atoms with Crippen molar-refractivity contribution in [1.82, 2.24) is 19.6 Å². The predicted octanol–water partition coefficient (Wildman–Crippen LogP) is 10.4. The summed E-state index contributed by atoms with van der Waals surface area (Å²) < 4.78 is 5.25. The van der Waals surface area contributed by atoms with E-state index in [9.17, 15) is 0 Å². The van der Waals surface area contributed by atoms with Crippen LogP contribution in [0.4, 0.5) is 0 Å². The molecular weight excluding hydrogens is 576 g/mol. The van der Waals surface area contributed by atoms with E-state index in [-0.39, 0.29) is 0 Å². The fraction of sp³-hybridized carbons (Fsp3) is 1.00. The molecular formula is C42H88N4O. The van der Waals surface area contributed by atoms with Crippen LogP contribution < -0.4 is 0 Å². The van der Waals surface area contributed by atoms with Crippen molar-refractivity contribution in [3.05, 3.63) is 0 Å². The maximum atomic E-state index is 5.25. The lowest BCUT2D eigenvalue weighted by Gasteiger charge is -2.42. The molecule has 47 heavy (non-hydrogen) atoms. The molecule has 5 nitrogen and oxygen atoms in total. The minimum absolute atomic E-state index is 0.323. The number of piperidine rings is 1. The van der Waals surface area contributed by atoms with Crippen molar-refractivity contribution in [2.45, 2.75) is 197 Å². The smallest absolute Gasteiger partial charge is 0.0594 e. The van der Waals surface area contributed by atoms with Gasteiger partial charge in [0.2, 0.25) is 0 Å². The Kier molecular flexibility index (Phi) is 19.6. The summed E-state index contributed by atoms with van der Waals surface area (Å²) in [4.78, 5) is 10.1. The second kappa shape index (κ2) is 20.6. The molecule has 5 aliphatic rings. The number of ether oxygens (including phenoxy) is 1. The lowest BCUT2D eigenvalue weighted by atomic mass is 9.72. The number of hydrogen-bond acceptors (Lipinski definition) is 5. The van der Waals surface area contributed by atoms with Crippen molar-refractivity contribution < 1.29 is 4.74 Å². The first-order chi connectivity index (χ1) is 21.5. The Morgan fingerprint density at radius 2 is 0.617 bits per heavy atom. The second-order valence-corrected chi connectivity index (χ2v) is 20.1. The van der Waals surface area contributed by atoms with E-state index in [0.29, 0.717) is 27.6 Å². The van der Waals surface area contributed by atoms with Crippen molar-refractivity contribution in [2.24, 2.45) is 11.3 Å². The molecule has 0 aromatic carbocycles. The Morgan fingerprint density at radius 1 is 0.340 bits per heavy atom. The van der Waals surface area contributed by atoms with Gasteiger partial charge in [0.05, 0.1) is 13.2 Å². The van der Waals surface area contributed by atoms with E-state index in [1.807, 2.05) is 0 Å². The monoisotopic (exact) mass is 665 g/mol. The number of likely N-dealkylation sites (tertiary alicyclic amines) is 3. The zero-order valence-electron chi connectivity index (χ0n) is 35.1. The number of hydrogen-bond donors (Lipinski definition) is 0. The molecule has 0 unspecified atom stereocenters. The molecule has 0 N–H and O–H groups in total. The van der Waals surface area contributed by atoms with Crippen molar-refractivity contribution >= 4 is 0 Å². The van der Waals surface area contributed by atoms with Gasteiger partial charge in [-0.3, -0.25) is 19.6 Å². The highest BCUT2D eigenvalue weighted by Crippen LogP contribution is 2.37. The van der Waals surface area contributed by atoms with Crippen LogP contribution in [0.3, 0.4) is 0 Å². The van der Waals surface area contributed by atoms with Gasteiger partial charge in [0.15, 0.2) is 0 Å². The van der Waals surface area contributed by atoms with E-state index in [4.69, 9.17) is 4.74 Å². The molecule has 1 aliphatic carbocycles. The van der Waals surface area contributed by atoms with Crippen LogP contribution in [0, 0.1) is 11.3 Å². The van der Waals surface area contributed by atoms with Gasteiger partial charge >= 0.3 is 0 Å². The van der Waals surface area contributed by atoms with E-state index in [2.05, 4.69) is 123 Å². The van der Waals surface area contributed by atoms with Gasteiger partial charge in [-0.15, -0.1) is 0 Å². The summed E-state index contributed by atoms with van der Waals surface area (Å²) in [5.41, 5.74) is 2.14. The number of morpholine rings is 1. The van der Waals surface area contributed by atoms with Gasteiger partial charge in [0.25, 0.3) is 0 Å². The molecule has 5 fully saturated rings. The molecule has 0 atom stereocenters. The predicted molar refractivity (Wildman–Crippen MR) is 210 cm³/mol. The molecule has 5 rings (SSSR count). The fourth-order valence-corrected chi connectivity index (χ4v) is 7.14. The van der Waals surface area contributed by atoms with E-state index >= 15 is 0 Å². The third-order valence-corrected chi connectivity index (χ3v) is 11.0. The quantitative estimate of drug-likeness (QED) is 0.256. The summed E-state index contributed by atoms with van der Waals surface area (Å²) in [6, 6.07) is 0.